The topological polar surface area (TPSA) is 137 Å². The lowest BCUT2D eigenvalue weighted by atomic mass is 10.3. The zero-order valence-corrected chi connectivity index (χ0v) is 15.2. The number of carbonyl (C=O) groups excluding carboxylic acids is 2. The van der Waals surface area contributed by atoms with E-state index in [0.717, 1.165) is 20.3 Å². The van der Waals surface area contributed by atoms with Crippen LogP contribution in [0.5, 0.6) is 0 Å². The first-order valence-corrected chi connectivity index (χ1v) is 8.89. The van der Waals surface area contributed by atoms with Crippen molar-refractivity contribution >= 4 is 33.6 Å². The van der Waals surface area contributed by atoms with Crippen LogP contribution in [-0.4, -0.2) is 44.5 Å². The first-order valence-electron chi connectivity index (χ1n) is 7.40. The number of ether oxygens (including phenoxy) is 2. The lowest BCUT2D eigenvalue weighted by Gasteiger charge is -2.10. The summed E-state index contributed by atoms with van der Waals surface area (Å²) in [5.41, 5.74) is 0.182. The summed E-state index contributed by atoms with van der Waals surface area (Å²) >= 11 is 0. The number of esters is 2. The lowest BCUT2D eigenvalue weighted by molar-refractivity contribution is -0.138. The average Bonchev–Trinajstić information content (AvgIpc) is 2.67. The Morgan fingerprint density at radius 3 is 2.22 bits per heavy atom. The molecule has 2 N–H and O–H groups in total. The number of anilines is 2. The molecule has 27 heavy (non-hydrogen) atoms. The van der Waals surface area contributed by atoms with Crippen molar-refractivity contribution in [2.24, 2.45) is 0 Å². The smallest absolute Gasteiger partial charge is 0.354 e. The van der Waals surface area contributed by atoms with Crippen LogP contribution in [0, 0.1) is 0 Å². The number of methoxy groups -OCH3 is 2. The fraction of sp³-hybridized carbons (Fsp3) is 0.125. The zero-order valence-electron chi connectivity index (χ0n) is 14.4. The Bertz CT molecular complexity index is 943. The van der Waals surface area contributed by atoms with E-state index >= 15 is 0 Å². The van der Waals surface area contributed by atoms with Gasteiger partial charge in [-0.1, -0.05) is 0 Å². The summed E-state index contributed by atoms with van der Waals surface area (Å²) in [7, 11) is -1.57. The lowest BCUT2D eigenvalue weighted by Crippen LogP contribution is -2.16. The Balaban J connectivity index is 2.19. The number of rotatable bonds is 7. The van der Waals surface area contributed by atoms with Gasteiger partial charge in [0.15, 0.2) is 0 Å². The van der Waals surface area contributed by atoms with Gasteiger partial charge in [-0.15, -0.1) is 0 Å². The minimum Gasteiger partial charge on any atom is -0.466 e. The molecular weight excluding hydrogens is 376 g/mol. The van der Waals surface area contributed by atoms with Crippen molar-refractivity contribution in [3.05, 3.63) is 54.5 Å². The molecular formula is C16H16N4O6S. The summed E-state index contributed by atoms with van der Waals surface area (Å²) in [5.74, 6) is -1.61. The Labute approximate surface area is 155 Å². The number of nitrogens with zero attached hydrogens (tertiary/aromatic N) is 2. The molecule has 0 atom stereocenters. The normalized spacial score (nSPS) is 11.4. The minimum absolute atomic E-state index is 0.0444. The highest BCUT2D eigenvalue weighted by molar-refractivity contribution is 7.92. The maximum Gasteiger partial charge on any atom is 0.354 e. The van der Waals surface area contributed by atoms with Crippen LogP contribution in [0.1, 0.15) is 0 Å². The molecule has 11 heteroatoms. The Morgan fingerprint density at radius 2 is 1.67 bits per heavy atom. The average molecular weight is 392 g/mol. The number of aromatic nitrogens is 2. The molecule has 1 heterocycles. The van der Waals surface area contributed by atoms with Gasteiger partial charge in [0, 0.05) is 18.1 Å². The molecule has 0 fully saturated rings. The van der Waals surface area contributed by atoms with Crippen LogP contribution in [0.15, 0.2) is 59.4 Å². The molecule has 0 bridgehead atoms. The van der Waals surface area contributed by atoms with Gasteiger partial charge in [0.1, 0.15) is 5.70 Å². The van der Waals surface area contributed by atoms with E-state index in [1.54, 1.807) is 6.07 Å². The van der Waals surface area contributed by atoms with Crippen LogP contribution in [0.2, 0.25) is 0 Å². The summed E-state index contributed by atoms with van der Waals surface area (Å²) < 4.78 is 35.9. The molecule has 0 saturated heterocycles. The third-order valence-corrected chi connectivity index (χ3v) is 4.45. The summed E-state index contributed by atoms with van der Waals surface area (Å²) in [4.78, 5) is 30.6. The van der Waals surface area contributed by atoms with Crippen LogP contribution in [0.25, 0.3) is 0 Å². The van der Waals surface area contributed by atoms with Gasteiger partial charge in [0.25, 0.3) is 10.0 Å². The van der Waals surface area contributed by atoms with E-state index in [4.69, 9.17) is 0 Å². The first kappa shape index (κ1) is 19.8. The van der Waals surface area contributed by atoms with Crippen LogP contribution in [0.3, 0.4) is 0 Å². The van der Waals surface area contributed by atoms with Gasteiger partial charge in [-0.25, -0.2) is 32.7 Å². The van der Waals surface area contributed by atoms with E-state index in [0.29, 0.717) is 5.69 Å². The SMILES string of the molecule is COC(=O)/C=C(/Nc1ccc(S(=O)(=O)Nc2ncccn2)cc1)C(=O)OC. The molecule has 1 aromatic heterocycles. The van der Waals surface area contributed by atoms with Crippen molar-refractivity contribution in [3.8, 4) is 0 Å². The molecule has 0 aliphatic heterocycles. The molecule has 142 valence electrons. The van der Waals surface area contributed by atoms with Crippen LogP contribution in [0.4, 0.5) is 11.6 Å². The monoisotopic (exact) mass is 392 g/mol. The third-order valence-electron chi connectivity index (χ3n) is 3.10. The van der Waals surface area contributed by atoms with Crippen molar-refractivity contribution in [2.75, 3.05) is 24.3 Å². The fourth-order valence-corrected chi connectivity index (χ4v) is 2.79. The number of benzene rings is 1. The van der Waals surface area contributed by atoms with Gasteiger partial charge < -0.3 is 14.8 Å². The number of sulfonamides is 1. The van der Waals surface area contributed by atoms with E-state index in [2.05, 4.69) is 29.5 Å². The molecule has 0 radical (unpaired) electrons. The molecule has 0 aliphatic carbocycles. The number of nitrogens with one attached hydrogen (secondary N) is 2. The summed E-state index contributed by atoms with van der Waals surface area (Å²) in [6, 6.07) is 6.99. The molecule has 0 amide bonds. The molecule has 0 aliphatic rings. The quantitative estimate of drug-likeness (QED) is 0.520. The second-order valence-corrected chi connectivity index (χ2v) is 6.58. The highest BCUT2D eigenvalue weighted by Gasteiger charge is 2.17. The van der Waals surface area contributed by atoms with E-state index in [1.165, 1.54) is 36.7 Å². The molecule has 0 spiro atoms. The van der Waals surface area contributed by atoms with Gasteiger partial charge in [-0.3, -0.25) is 0 Å². The molecule has 10 nitrogen and oxygen atoms in total. The van der Waals surface area contributed by atoms with Crippen molar-refractivity contribution in [1.29, 1.82) is 0 Å². The standard InChI is InChI=1S/C16H16N4O6S/c1-25-14(21)10-13(15(22)26-2)19-11-4-6-12(7-5-11)27(23,24)20-16-17-8-3-9-18-16/h3-10,19H,1-2H3,(H,17,18,20)/b13-10+. The maximum atomic E-state index is 12.3. The Morgan fingerprint density at radius 1 is 1.04 bits per heavy atom. The van der Waals surface area contributed by atoms with Crippen molar-refractivity contribution in [2.45, 2.75) is 4.90 Å². The maximum absolute atomic E-state index is 12.3. The van der Waals surface area contributed by atoms with Crippen LogP contribution in [-0.2, 0) is 29.1 Å². The molecule has 2 aromatic rings. The predicted molar refractivity (Wildman–Crippen MR) is 95.0 cm³/mol. The fourth-order valence-electron chi connectivity index (χ4n) is 1.84. The molecule has 0 unspecified atom stereocenters. The summed E-state index contributed by atoms with van der Waals surface area (Å²) in [5, 5.41) is 2.67. The van der Waals surface area contributed by atoms with Gasteiger partial charge in [-0.05, 0) is 30.3 Å². The van der Waals surface area contributed by atoms with Gasteiger partial charge in [0.05, 0.1) is 25.2 Å². The van der Waals surface area contributed by atoms with Gasteiger partial charge in [-0.2, -0.15) is 0 Å². The largest absolute Gasteiger partial charge is 0.466 e. The Hall–Kier alpha value is -3.47. The molecule has 0 saturated carbocycles. The third kappa shape index (κ3) is 5.51. The predicted octanol–water partition coefficient (Wildman–Crippen LogP) is 0.919. The summed E-state index contributed by atoms with van der Waals surface area (Å²) in [6.07, 6.45) is 3.73. The van der Waals surface area contributed by atoms with Gasteiger partial charge >= 0.3 is 11.9 Å². The highest BCUT2D eigenvalue weighted by Crippen LogP contribution is 2.18. The van der Waals surface area contributed by atoms with Crippen LogP contribution >= 0.6 is 0 Å². The second kappa shape index (κ2) is 8.76. The number of carbonyl (C=O) groups is 2. The van der Waals surface area contributed by atoms with Crippen molar-refractivity contribution in [1.82, 2.24) is 9.97 Å². The van der Waals surface area contributed by atoms with E-state index < -0.39 is 22.0 Å². The zero-order chi connectivity index (χ0) is 19.9. The highest BCUT2D eigenvalue weighted by atomic mass is 32.2. The van der Waals surface area contributed by atoms with Gasteiger partial charge in [0.2, 0.25) is 5.95 Å². The number of hydrogen-bond donors (Lipinski definition) is 2. The first-order chi connectivity index (χ1) is 12.9. The van der Waals surface area contributed by atoms with Crippen LogP contribution < -0.4 is 10.0 Å². The molecule has 1 aromatic carbocycles. The second-order valence-electron chi connectivity index (χ2n) is 4.90. The summed E-state index contributed by atoms with van der Waals surface area (Å²) in [6.45, 7) is 0. The minimum atomic E-state index is -3.89. The molecule has 2 rings (SSSR count). The Kier molecular flexibility index (Phi) is 6.44. The van der Waals surface area contributed by atoms with E-state index in [-0.39, 0.29) is 16.5 Å². The van der Waals surface area contributed by atoms with E-state index in [9.17, 15) is 18.0 Å². The van der Waals surface area contributed by atoms with Crippen molar-refractivity contribution < 1.29 is 27.5 Å². The number of hydrogen-bond acceptors (Lipinski definition) is 9. The van der Waals surface area contributed by atoms with E-state index in [1.807, 2.05) is 0 Å². The van der Waals surface area contributed by atoms with Crippen molar-refractivity contribution in [3.63, 3.8) is 0 Å².